The Hall–Kier alpha value is -3.88. The van der Waals surface area contributed by atoms with Crippen LogP contribution in [-0.2, 0) is 11.2 Å². The largest absolute Gasteiger partial charge is 0.494 e. The number of hydrogen-bond acceptors (Lipinski definition) is 4. The van der Waals surface area contributed by atoms with Crippen LogP contribution in [0, 0.1) is 5.82 Å². The van der Waals surface area contributed by atoms with E-state index in [0.717, 1.165) is 6.07 Å². The summed E-state index contributed by atoms with van der Waals surface area (Å²) in [5.74, 6) is -2.16. The average Bonchev–Trinajstić information content (AvgIpc) is 3.11. The molecule has 4 aromatic rings. The van der Waals surface area contributed by atoms with Gasteiger partial charge in [0.05, 0.1) is 29.5 Å². The van der Waals surface area contributed by atoms with Crippen LogP contribution in [0.5, 0.6) is 17.4 Å². The van der Waals surface area contributed by atoms with E-state index in [1.807, 2.05) is 6.92 Å². The Morgan fingerprint density at radius 1 is 1.09 bits per heavy atom. The maximum absolute atomic E-state index is 14.5. The fourth-order valence-electron chi connectivity index (χ4n) is 3.81. The molecule has 0 aliphatic carbocycles. The second-order valence-electron chi connectivity index (χ2n) is 7.39. The molecule has 0 aliphatic rings. The zero-order chi connectivity index (χ0) is 23.7. The monoisotopic (exact) mass is 459 g/mol. The first kappa shape index (κ1) is 22.3. The quantitative estimate of drug-likeness (QED) is 0.356. The predicted molar refractivity (Wildman–Crippen MR) is 116 cm³/mol. The van der Waals surface area contributed by atoms with Gasteiger partial charge in [-0.15, -0.1) is 0 Å². The van der Waals surface area contributed by atoms with Crippen molar-refractivity contribution in [2.45, 2.75) is 26.4 Å². The summed E-state index contributed by atoms with van der Waals surface area (Å²) in [5.41, 5.74) is 0.144. The van der Waals surface area contributed by atoms with Gasteiger partial charge in [0, 0.05) is 17.0 Å². The van der Waals surface area contributed by atoms with Gasteiger partial charge in [-0.3, -0.25) is 9.36 Å². The van der Waals surface area contributed by atoms with E-state index in [2.05, 4.69) is 0 Å². The molecule has 2 N–H and O–H groups in total. The minimum absolute atomic E-state index is 0.0260. The van der Waals surface area contributed by atoms with Gasteiger partial charge < -0.3 is 19.7 Å². The normalized spacial score (nSPS) is 11.4. The van der Waals surface area contributed by atoms with E-state index >= 15 is 0 Å². The lowest BCUT2D eigenvalue weighted by molar-refractivity contribution is -0.136. The van der Waals surface area contributed by atoms with Gasteiger partial charge >= 0.3 is 12.6 Å². The molecule has 0 bridgehead atoms. The lowest BCUT2D eigenvalue weighted by Gasteiger charge is -2.15. The maximum atomic E-state index is 14.5. The number of aromatic nitrogens is 1. The number of fused-ring (bicyclic) bond motifs is 2. The van der Waals surface area contributed by atoms with Crippen LogP contribution < -0.4 is 9.47 Å². The van der Waals surface area contributed by atoms with E-state index in [1.54, 1.807) is 24.3 Å². The van der Waals surface area contributed by atoms with Crippen molar-refractivity contribution in [3.63, 3.8) is 0 Å². The number of carboxylic acid groups (broad SMARTS) is 1. The van der Waals surface area contributed by atoms with Gasteiger partial charge in [-0.2, -0.15) is 8.78 Å². The number of alkyl halides is 2. The third-order valence-corrected chi connectivity index (χ3v) is 5.18. The Labute approximate surface area is 186 Å². The minimum Gasteiger partial charge on any atom is -0.494 e. The molecule has 0 radical (unpaired) electrons. The first-order valence-electron chi connectivity index (χ1n) is 10.2. The Morgan fingerprint density at radius 2 is 1.79 bits per heavy atom. The molecule has 0 amide bonds. The molecule has 0 saturated carbocycles. The van der Waals surface area contributed by atoms with Crippen LogP contribution in [0.1, 0.15) is 18.9 Å². The molecule has 0 unspecified atom stereocenters. The van der Waals surface area contributed by atoms with Crippen LogP contribution in [0.15, 0.2) is 48.7 Å². The second-order valence-corrected chi connectivity index (χ2v) is 7.39. The summed E-state index contributed by atoms with van der Waals surface area (Å²) in [6.45, 7) is -0.894. The lowest BCUT2D eigenvalue weighted by Crippen LogP contribution is -2.04. The van der Waals surface area contributed by atoms with E-state index < -0.39 is 24.8 Å². The van der Waals surface area contributed by atoms with Crippen molar-refractivity contribution in [2.75, 3.05) is 6.61 Å². The number of benzene rings is 3. The number of ether oxygens (including phenoxy) is 2. The van der Waals surface area contributed by atoms with Crippen LogP contribution in [0.3, 0.4) is 0 Å². The van der Waals surface area contributed by atoms with Gasteiger partial charge in [-0.05, 0) is 24.1 Å². The Bertz CT molecular complexity index is 1350. The highest BCUT2D eigenvalue weighted by Crippen LogP contribution is 2.48. The fraction of sp³-hybridized carbons (Fsp3) is 0.208. The first-order valence-corrected chi connectivity index (χ1v) is 10.2. The zero-order valence-corrected chi connectivity index (χ0v) is 17.5. The maximum Gasteiger partial charge on any atom is 0.387 e. The van der Waals surface area contributed by atoms with E-state index in [4.69, 9.17) is 14.6 Å². The third kappa shape index (κ3) is 4.13. The number of aromatic hydroxyl groups is 1. The molecule has 6 nitrogen and oxygen atoms in total. The van der Waals surface area contributed by atoms with Crippen molar-refractivity contribution >= 4 is 27.5 Å². The van der Waals surface area contributed by atoms with Crippen molar-refractivity contribution < 1.29 is 37.7 Å². The zero-order valence-electron chi connectivity index (χ0n) is 17.5. The van der Waals surface area contributed by atoms with Gasteiger partial charge in [0.1, 0.15) is 17.3 Å². The Kier molecular flexibility index (Phi) is 6.04. The second kappa shape index (κ2) is 8.93. The van der Waals surface area contributed by atoms with Crippen molar-refractivity contribution in [1.29, 1.82) is 0 Å². The van der Waals surface area contributed by atoms with E-state index in [1.165, 1.54) is 22.9 Å². The molecule has 3 aromatic carbocycles. The molecule has 9 heteroatoms. The number of aliphatic carboxylic acids is 1. The predicted octanol–water partition coefficient (Wildman–Crippen LogP) is 5.65. The molecule has 0 fully saturated rings. The van der Waals surface area contributed by atoms with Crippen molar-refractivity contribution in [2.24, 2.45) is 0 Å². The highest BCUT2D eigenvalue weighted by Gasteiger charge is 2.25. The molecule has 0 atom stereocenters. The van der Waals surface area contributed by atoms with Gasteiger partial charge in [0.2, 0.25) is 5.88 Å². The summed E-state index contributed by atoms with van der Waals surface area (Å²) in [6.07, 6.45) is 1.53. The van der Waals surface area contributed by atoms with Gasteiger partial charge in [-0.1, -0.05) is 37.3 Å². The van der Waals surface area contributed by atoms with Crippen molar-refractivity contribution in [3.8, 4) is 23.1 Å². The van der Waals surface area contributed by atoms with Crippen LogP contribution in [0.25, 0.3) is 27.2 Å². The molecule has 1 heterocycles. The summed E-state index contributed by atoms with van der Waals surface area (Å²) >= 11 is 0. The number of hydrogen-bond donors (Lipinski definition) is 2. The Morgan fingerprint density at radius 3 is 2.39 bits per heavy atom. The third-order valence-electron chi connectivity index (χ3n) is 5.18. The number of carboxylic acids is 1. The van der Waals surface area contributed by atoms with Gasteiger partial charge in [0.15, 0.2) is 0 Å². The molecule has 0 spiro atoms. The molecule has 33 heavy (non-hydrogen) atoms. The average molecular weight is 459 g/mol. The SMILES string of the molecule is CCCOc1c2ccccc2c(OC(F)F)c2cn(-c3ccc(CC(=O)O)c(F)c3)c(O)c12. The number of nitrogens with zero attached hydrogens (tertiary/aromatic N) is 1. The van der Waals surface area contributed by atoms with Gasteiger partial charge in [0.25, 0.3) is 0 Å². The minimum atomic E-state index is -3.11. The van der Waals surface area contributed by atoms with Crippen LogP contribution in [-0.4, -0.2) is 34.0 Å². The van der Waals surface area contributed by atoms with Crippen LogP contribution >= 0.6 is 0 Å². The van der Waals surface area contributed by atoms with Gasteiger partial charge in [-0.25, -0.2) is 4.39 Å². The number of carbonyl (C=O) groups is 1. The molecular formula is C24H20F3NO5. The molecule has 1 aromatic heterocycles. The van der Waals surface area contributed by atoms with Crippen LogP contribution in [0.4, 0.5) is 13.2 Å². The first-order chi connectivity index (χ1) is 15.8. The highest BCUT2D eigenvalue weighted by molar-refractivity contribution is 6.13. The van der Waals surface area contributed by atoms with E-state index in [0.29, 0.717) is 29.5 Å². The highest BCUT2D eigenvalue weighted by atomic mass is 19.3. The lowest BCUT2D eigenvalue weighted by atomic mass is 10.0. The summed E-state index contributed by atoms with van der Waals surface area (Å²) in [7, 11) is 0. The van der Waals surface area contributed by atoms with Crippen molar-refractivity contribution in [3.05, 3.63) is 60.0 Å². The molecule has 0 aliphatic heterocycles. The summed E-state index contributed by atoms with van der Waals surface area (Å²) < 4.78 is 53.0. The smallest absolute Gasteiger partial charge is 0.387 e. The van der Waals surface area contributed by atoms with E-state index in [9.17, 15) is 23.1 Å². The molecule has 4 rings (SSSR count). The summed E-state index contributed by atoms with van der Waals surface area (Å²) in [4.78, 5) is 10.9. The number of halogens is 3. The van der Waals surface area contributed by atoms with E-state index in [-0.39, 0.29) is 33.7 Å². The number of rotatable bonds is 8. The van der Waals surface area contributed by atoms with Crippen LogP contribution in [0.2, 0.25) is 0 Å². The fourth-order valence-corrected chi connectivity index (χ4v) is 3.81. The standard InChI is InChI=1S/C24H20F3NO5/c1-2-9-32-22-16-6-4-3-5-15(16)21(33-24(26)27)17-12-28(23(31)20(17)22)14-8-7-13(10-19(29)30)18(25)11-14/h3-8,11-12,24,31H,2,9-10H2,1H3,(H,29,30). The topological polar surface area (TPSA) is 80.9 Å². The summed E-state index contributed by atoms with van der Waals surface area (Å²) in [5, 5.41) is 21.1. The molecule has 172 valence electrons. The Balaban J connectivity index is 2.01. The van der Waals surface area contributed by atoms with Crippen molar-refractivity contribution in [1.82, 2.24) is 4.57 Å². The summed E-state index contributed by atoms with van der Waals surface area (Å²) in [6, 6.07) is 10.5. The molecule has 0 saturated heterocycles. The molecular weight excluding hydrogens is 439 g/mol.